The minimum Gasteiger partial charge on any atom is -0.373 e. The third-order valence-electron chi connectivity index (χ3n) is 2.16. The summed E-state index contributed by atoms with van der Waals surface area (Å²) >= 11 is 1.52. The van der Waals surface area contributed by atoms with E-state index < -0.39 is 0 Å². The molecule has 0 amide bonds. The molecule has 1 N–H and O–H groups in total. The van der Waals surface area contributed by atoms with E-state index in [-0.39, 0.29) is 0 Å². The number of rotatable bonds is 3. The fraction of sp³-hybridized carbons (Fsp3) is 0.750. The number of nitrogens with one attached hydrogen (secondary N) is 1. The molecule has 0 spiro atoms. The summed E-state index contributed by atoms with van der Waals surface area (Å²) in [5, 5.41) is 11.7. The van der Waals surface area contributed by atoms with Crippen LogP contribution < -0.4 is 5.32 Å². The zero-order chi connectivity index (χ0) is 9.10. The van der Waals surface area contributed by atoms with Crippen LogP contribution in [0.5, 0.6) is 0 Å². The Bertz CT molecular complexity index is 252. The first-order valence-electron chi connectivity index (χ1n) is 4.50. The molecule has 13 heavy (non-hydrogen) atoms. The van der Waals surface area contributed by atoms with Crippen molar-refractivity contribution in [1.29, 1.82) is 0 Å². The molecule has 2 rings (SSSR count). The van der Waals surface area contributed by atoms with E-state index in [0.29, 0.717) is 12.2 Å². The first kappa shape index (κ1) is 8.90. The van der Waals surface area contributed by atoms with Gasteiger partial charge in [0.05, 0.1) is 12.2 Å². The molecule has 0 radical (unpaired) electrons. The van der Waals surface area contributed by atoms with Gasteiger partial charge in [0, 0.05) is 6.54 Å². The molecule has 0 aromatic carbocycles. The standard InChI is InChI=1S/C8H13N3OS/c1-6-2-3-7(12-6)4-9-8-11-10-5-13-8/h5-7H,2-4H2,1H3,(H,9,11). The molecule has 72 valence electrons. The maximum absolute atomic E-state index is 5.65. The second kappa shape index (κ2) is 4.02. The molecule has 0 bridgehead atoms. The second-order valence-corrected chi connectivity index (χ2v) is 4.10. The van der Waals surface area contributed by atoms with Crippen molar-refractivity contribution in [2.45, 2.75) is 32.0 Å². The normalized spacial score (nSPS) is 27.8. The third kappa shape index (κ3) is 2.38. The van der Waals surface area contributed by atoms with E-state index >= 15 is 0 Å². The summed E-state index contributed by atoms with van der Waals surface area (Å²) in [4.78, 5) is 0. The fourth-order valence-corrected chi connectivity index (χ4v) is 1.94. The van der Waals surface area contributed by atoms with Gasteiger partial charge in [0.25, 0.3) is 0 Å². The van der Waals surface area contributed by atoms with E-state index in [2.05, 4.69) is 22.4 Å². The summed E-state index contributed by atoms with van der Waals surface area (Å²) in [6.45, 7) is 2.96. The lowest BCUT2D eigenvalue weighted by Gasteiger charge is -2.10. The van der Waals surface area contributed by atoms with Crippen molar-refractivity contribution < 1.29 is 4.74 Å². The Hall–Kier alpha value is -0.680. The van der Waals surface area contributed by atoms with Crippen molar-refractivity contribution in [2.75, 3.05) is 11.9 Å². The van der Waals surface area contributed by atoms with Gasteiger partial charge in [-0.3, -0.25) is 0 Å². The molecule has 1 saturated heterocycles. The minimum absolute atomic E-state index is 0.346. The quantitative estimate of drug-likeness (QED) is 0.801. The van der Waals surface area contributed by atoms with Crippen LogP contribution in [0, 0.1) is 0 Å². The first-order chi connectivity index (χ1) is 6.34. The summed E-state index contributed by atoms with van der Waals surface area (Å²) in [7, 11) is 0. The van der Waals surface area contributed by atoms with Crippen molar-refractivity contribution in [3.63, 3.8) is 0 Å². The molecule has 2 atom stereocenters. The fourth-order valence-electron chi connectivity index (χ4n) is 1.49. The van der Waals surface area contributed by atoms with Gasteiger partial charge in [-0.1, -0.05) is 11.3 Å². The highest BCUT2D eigenvalue weighted by Gasteiger charge is 2.21. The van der Waals surface area contributed by atoms with Gasteiger partial charge in [-0.25, -0.2) is 0 Å². The highest BCUT2D eigenvalue weighted by molar-refractivity contribution is 7.13. The molecule has 1 fully saturated rings. The molecule has 1 aliphatic rings. The zero-order valence-electron chi connectivity index (χ0n) is 7.56. The van der Waals surface area contributed by atoms with Gasteiger partial charge in [-0.2, -0.15) is 0 Å². The Kier molecular flexibility index (Phi) is 2.75. The molecule has 5 heteroatoms. The zero-order valence-corrected chi connectivity index (χ0v) is 8.38. The second-order valence-electron chi connectivity index (χ2n) is 3.27. The molecule has 1 aromatic heterocycles. The summed E-state index contributed by atoms with van der Waals surface area (Å²) in [5.74, 6) is 0. The van der Waals surface area contributed by atoms with Gasteiger partial charge in [-0.05, 0) is 19.8 Å². The van der Waals surface area contributed by atoms with E-state index in [0.717, 1.165) is 18.1 Å². The Balaban J connectivity index is 1.74. The van der Waals surface area contributed by atoms with Gasteiger partial charge in [0.2, 0.25) is 5.13 Å². The number of ether oxygens (including phenoxy) is 1. The van der Waals surface area contributed by atoms with Crippen LogP contribution in [0.1, 0.15) is 19.8 Å². The summed E-state index contributed by atoms with van der Waals surface area (Å²) in [6, 6.07) is 0. The average molecular weight is 199 g/mol. The van der Waals surface area contributed by atoms with Crippen molar-refractivity contribution in [2.24, 2.45) is 0 Å². The Morgan fingerprint density at radius 2 is 2.62 bits per heavy atom. The van der Waals surface area contributed by atoms with Crippen molar-refractivity contribution >= 4 is 16.5 Å². The maximum atomic E-state index is 5.65. The van der Waals surface area contributed by atoms with Crippen LogP contribution >= 0.6 is 11.3 Å². The van der Waals surface area contributed by atoms with Gasteiger partial charge in [0.1, 0.15) is 5.51 Å². The van der Waals surface area contributed by atoms with Crippen LogP contribution in [-0.2, 0) is 4.74 Å². The van der Waals surface area contributed by atoms with E-state index in [9.17, 15) is 0 Å². The van der Waals surface area contributed by atoms with Gasteiger partial charge in [0.15, 0.2) is 0 Å². The van der Waals surface area contributed by atoms with E-state index in [1.54, 1.807) is 5.51 Å². The lowest BCUT2D eigenvalue weighted by atomic mass is 10.2. The van der Waals surface area contributed by atoms with Crippen LogP contribution in [-0.4, -0.2) is 29.0 Å². The van der Waals surface area contributed by atoms with E-state index in [1.807, 2.05) is 0 Å². The molecule has 0 saturated carbocycles. The number of aromatic nitrogens is 2. The largest absolute Gasteiger partial charge is 0.373 e. The van der Waals surface area contributed by atoms with Gasteiger partial charge in [-0.15, -0.1) is 10.2 Å². The number of nitrogens with zero attached hydrogens (tertiary/aromatic N) is 2. The third-order valence-corrected chi connectivity index (χ3v) is 2.81. The van der Waals surface area contributed by atoms with E-state index in [4.69, 9.17) is 4.74 Å². The highest BCUT2D eigenvalue weighted by atomic mass is 32.1. The van der Waals surface area contributed by atoms with Crippen molar-refractivity contribution in [3.05, 3.63) is 5.51 Å². The SMILES string of the molecule is CC1CCC(CNc2nncs2)O1. The Labute approximate surface area is 81.3 Å². The van der Waals surface area contributed by atoms with E-state index in [1.165, 1.54) is 17.8 Å². The summed E-state index contributed by atoms with van der Waals surface area (Å²) in [6.07, 6.45) is 3.08. The molecule has 2 unspecified atom stereocenters. The molecular formula is C8H13N3OS. The van der Waals surface area contributed by atoms with Crippen LogP contribution in [0.15, 0.2) is 5.51 Å². The van der Waals surface area contributed by atoms with Crippen LogP contribution in [0.2, 0.25) is 0 Å². The monoisotopic (exact) mass is 199 g/mol. The smallest absolute Gasteiger partial charge is 0.205 e. The average Bonchev–Trinajstić information content (AvgIpc) is 2.71. The number of anilines is 1. The minimum atomic E-state index is 0.346. The van der Waals surface area contributed by atoms with Gasteiger partial charge < -0.3 is 10.1 Å². The van der Waals surface area contributed by atoms with Crippen LogP contribution in [0.4, 0.5) is 5.13 Å². The Morgan fingerprint density at radius 3 is 3.23 bits per heavy atom. The molecule has 4 nitrogen and oxygen atoms in total. The molecule has 1 aliphatic heterocycles. The predicted molar refractivity (Wildman–Crippen MR) is 52.0 cm³/mol. The number of hydrogen-bond donors (Lipinski definition) is 1. The summed E-state index contributed by atoms with van der Waals surface area (Å²) < 4.78 is 5.65. The topological polar surface area (TPSA) is 47.0 Å². The van der Waals surface area contributed by atoms with Crippen molar-refractivity contribution in [3.8, 4) is 0 Å². The lowest BCUT2D eigenvalue weighted by Crippen LogP contribution is -2.19. The molecule has 1 aromatic rings. The van der Waals surface area contributed by atoms with Crippen molar-refractivity contribution in [1.82, 2.24) is 10.2 Å². The maximum Gasteiger partial charge on any atom is 0.205 e. The molecule has 2 heterocycles. The summed E-state index contributed by atoms with van der Waals surface area (Å²) in [5.41, 5.74) is 1.72. The Morgan fingerprint density at radius 1 is 1.69 bits per heavy atom. The van der Waals surface area contributed by atoms with Gasteiger partial charge >= 0.3 is 0 Å². The predicted octanol–water partition coefficient (Wildman–Crippen LogP) is 1.52. The first-order valence-corrected chi connectivity index (χ1v) is 5.38. The molecule has 0 aliphatic carbocycles. The number of hydrogen-bond acceptors (Lipinski definition) is 5. The lowest BCUT2D eigenvalue weighted by molar-refractivity contribution is 0.0637. The van der Waals surface area contributed by atoms with Crippen LogP contribution in [0.25, 0.3) is 0 Å². The molecular weight excluding hydrogens is 186 g/mol. The van der Waals surface area contributed by atoms with Crippen LogP contribution in [0.3, 0.4) is 0 Å². The highest BCUT2D eigenvalue weighted by Crippen LogP contribution is 2.19.